The molecule has 0 radical (unpaired) electrons. The zero-order valence-corrected chi connectivity index (χ0v) is 11.6. The van der Waals surface area contributed by atoms with E-state index in [1.165, 1.54) is 6.07 Å². The highest BCUT2D eigenvalue weighted by molar-refractivity contribution is 5.90. The summed E-state index contributed by atoms with van der Waals surface area (Å²) in [5, 5.41) is 2.61. The molecule has 1 fully saturated rings. The summed E-state index contributed by atoms with van der Waals surface area (Å²) in [6, 6.07) is 6.22. The molecule has 0 spiro atoms. The molecule has 3 N–H and O–H groups in total. The van der Waals surface area contributed by atoms with Crippen LogP contribution < -0.4 is 11.1 Å². The molecule has 0 aromatic heterocycles. The Hall–Kier alpha value is -1.46. The molecule has 0 unspecified atom stereocenters. The van der Waals surface area contributed by atoms with Gasteiger partial charge in [-0.2, -0.15) is 0 Å². The second kappa shape index (κ2) is 7.36. The van der Waals surface area contributed by atoms with Gasteiger partial charge in [0, 0.05) is 13.0 Å². The van der Waals surface area contributed by atoms with Crippen molar-refractivity contribution in [2.45, 2.75) is 19.3 Å². The number of carbonyl (C=O) groups excluding carboxylic acids is 1. The third-order valence-corrected chi connectivity index (χ3v) is 3.84. The molecule has 0 bridgehead atoms. The van der Waals surface area contributed by atoms with Crippen LogP contribution in [0.4, 0.5) is 10.1 Å². The summed E-state index contributed by atoms with van der Waals surface area (Å²) in [6.07, 6.45) is 2.60. The van der Waals surface area contributed by atoms with Crippen molar-refractivity contribution in [3.63, 3.8) is 0 Å². The van der Waals surface area contributed by atoms with Crippen LogP contribution in [-0.4, -0.2) is 37.0 Å². The van der Waals surface area contributed by atoms with Gasteiger partial charge < -0.3 is 16.0 Å². The van der Waals surface area contributed by atoms with Gasteiger partial charge in [0.05, 0.1) is 5.69 Å². The van der Waals surface area contributed by atoms with Gasteiger partial charge in [-0.15, -0.1) is 0 Å². The first-order chi connectivity index (χ1) is 9.69. The molecule has 1 aliphatic rings. The van der Waals surface area contributed by atoms with Crippen molar-refractivity contribution in [1.29, 1.82) is 0 Å². The Morgan fingerprint density at radius 3 is 2.70 bits per heavy atom. The molecule has 2 rings (SSSR count). The van der Waals surface area contributed by atoms with Crippen molar-refractivity contribution in [2.24, 2.45) is 11.7 Å². The Morgan fingerprint density at radius 2 is 2.05 bits per heavy atom. The third-order valence-electron chi connectivity index (χ3n) is 3.84. The average Bonchev–Trinajstić information content (AvgIpc) is 2.48. The van der Waals surface area contributed by atoms with E-state index < -0.39 is 5.82 Å². The standard InChI is InChI=1S/C15H22FN3O/c16-13-3-1-2-4-14(13)18-15(20)7-10-19-8-5-12(11-17)6-9-19/h1-4,12H,5-11,17H2,(H,18,20). The van der Waals surface area contributed by atoms with E-state index in [-0.39, 0.29) is 11.6 Å². The van der Waals surface area contributed by atoms with E-state index in [1.54, 1.807) is 18.2 Å². The zero-order valence-electron chi connectivity index (χ0n) is 11.6. The fourth-order valence-corrected chi connectivity index (χ4v) is 2.48. The van der Waals surface area contributed by atoms with Crippen molar-refractivity contribution >= 4 is 11.6 Å². The highest BCUT2D eigenvalue weighted by Crippen LogP contribution is 2.16. The number of carbonyl (C=O) groups is 1. The van der Waals surface area contributed by atoms with E-state index in [9.17, 15) is 9.18 Å². The van der Waals surface area contributed by atoms with Gasteiger partial charge in [-0.25, -0.2) is 4.39 Å². The summed E-state index contributed by atoms with van der Waals surface area (Å²) >= 11 is 0. The van der Waals surface area contributed by atoms with E-state index in [0.717, 1.165) is 39.0 Å². The van der Waals surface area contributed by atoms with Crippen molar-refractivity contribution in [3.05, 3.63) is 30.1 Å². The molecule has 1 heterocycles. The Kier molecular flexibility index (Phi) is 5.49. The summed E-state index contributed by atoms with van der Waals surface area (Å²) in [7, 11) is 0. The fraction of sp³-hybridized carbons (Fsp3) is 0.533. The van der Waals surface area contributed by atoms with Crippen molar-refractivity contribution in [2.75, 3.05) is 31.5 Å². The predicted molar refractivity (Wildman–Crippen MR) is 77.9 cm³/mol. The lowest BCUT2D eigenvalue weighted by Crippen LogP contribution is -2.37. The van der Waals surface area contributed by atoms with Crippen LogP contribution in [0.3, 0.4) is 0 Å². The molecule has 1 aliphatic heterocycles. The Labute approximate surface area is 119 Å². The maximum atomic E-state index is 13.4. The van der Waals surface area contributed by atoms with Crippen LogP contribution in [0.5, 0.6) is 0 Å². The number of halogens is 1. The first-order valence-electron chi connectivity index (χ1n) is 7.16. The number of nitrogens with two attached hydrogens (primary N) is 1. The molecule has 0 aliphatic carbocycles. The SMILES string of the molecule is NCC1CCN(CCC(=O)Nc2ccccc2F)CC1. The number of nitrogens with one attached hydrogen (secondary N) is 1. The summed E-state index contributed by atoms with van der Waals surface area (Å²) in [4.78, 5) is 14.1. The van der Waals surface area contributed by atoms with Gasteiger partial charge in [-0.1, -0.05) is 12.1 Å². The molecular weight excluding hydrogens is 257 g/mol. The molecule has 1 aromatic rings. The normalized spacial score (nSPS) is 17.1. The average molecular weight is 279 g/mol. The minimum atomic E-state index is -0.399. The van der Waals surface area contributed by atoms with Crippen LogP contribution in [0.2, 0.25) is 0 Å². The lowest BCUT2D eigenvalue weighted by molar-refractivity contribution is -0.116. The van der Waals surface area contributed by atoms with E-state index in [4.69, 9.17) is 5.73 Å². The summed E-state index contributed by atoms with van der Waals surface area (Å²) in [6.45, 7) is 3.46. The molecular formula is C15H22FN3O. The predicted octanol–water partition coefficient (Wildman–Crippen LogP) is 1.82. The molecule has 4 nitrogen and oxygen atoms in total. The number of nitrogens with zero attached hydrogens (tertiary/aromatic N) is 1. The van der Waals surface area contributed by atoms with Crippen molar-refractivity contribution in [3.8, 4) is 0 Å². The second-order valence-corrected chi connectivity index (χ2v) is 5.30. The van der Waals surface area contributed by atoms with Gasteiger partial charge in [0.2, 0.25) is 5.91 Å². The number of hydrogen-bond acceptors (Lipinski definition) is 3. The highest BCUT2D eigenvalue weighted by Gasteiger charge is 2.18. The fourth-order valence-electron chi connectivity index (χ4n) is 2.48. The van der Waals surface area contributed by atoms with Crippen LogP contribution in [0.1, 0.15) is 19.3 Å². The Morgan fingerprint density at radius 1 is 1.35 bits per heavy atom. The largest absolute Gasteiger partial charge is 0.330 e. The maximum absolute atomic E-state index is 13.4. The van der Waals surface area contributed by atoms with Gasteiger partial charge >= 0.3 is 0 Å². The maximum Gasteiger partial charge on any atom is 0.225 e. The second-order valence-electron chi connectivity index (χ2n) is 5.30. The van der Waals surface area contributed by atoms with E-state index >= 15 is 0 Å². The van der Waals surface area contributed by atoms with Gasteiger partial charge in [-0.05, 0) is 50.5 Å². The van der Waals surface area contributed by atoms with Crippen molar-refractivity contribution in [1.82, 2.24) is 4.90 Å². The molecule has 0 atom stereocenters. The van der Waals surface area contributed by atoms with Crippen LogP contribution >= 0.6 is 0 Å². The highest BCUT2D eigenvalue weighted by atomic mass is 19.1. The monoisotopic (exact) mass is 279 g/mol. The van der Waals surface area contributed by atoms with E-state index in [2.05, 4.69) is 10.2 Å². The lowest BCUT2D eigenvalue weighted by atomic mass is 9.97. The van der Waals surface area contributed by atoms with E-state index in [1.807, 2.05) is 0 Å². The van der Waals surface area contributed by atoms with Crippen LogP contribution in [0.25, 0.3) is 0 Å². The summed E-state index contributed by atoms with van der Waals surface area (Å²) < 4.78 is 13.4. The minimum Gasteiger partial charge on any atom is -0.330 e. The zero-order chi connectivity index (χ0) is 14.4. The van der Waals surface area contributed by atoms with Gasteiger partial charge in [0.15, 0.2) is 0 Å². The molecule has 20 heavy (non-hydrogen) atoms. The number of anilines is 1. The number of benzene rings is 1. The lowest BCUT2D eigenvalue weighted by Gasteiger charge is -2.31. The van der Waals surface area contributed by atoms with E-state index in [0.29, 0.717) is 12.3 Å². The van der Waals surface area contributed by atoms with Crippen LogP contribution in [0.15, 0.2) is 24.3 Å². The van der Waals surface area contributed by atoms with Gasteiger partial charge in [0.1, 0.15) is 5.82 Å². The molecule has 1 amide bonds. The van der Waals surface area contributed by atoms with Crippen LogP contribution in [-0.2, 0) is 4.79 Å². The Bertz CT molecular complexity index is 444. The van der Waals surface area contributed by atoms with Crippen molar-refractivity contribution < 1.29 is 9.18 Å². The minimum absolute atomic E-state index is 0.143. The quantitative estimate of drug-likeness (QED) is 0.864. The number of likely N-dealkylation sites (tertiary alicyclic amines) is 1. The number of amides is 1. The molecule has 1 aromatic carbocycles. The molecule has 5 heteroatoms. The number of hydrogen-bond donors (Lipinski definition) is 2. The number of rotatable bonds is 5. The Balaban J connectivity index is 1.72. The first kappa shape index (κ1) is 14.9. The van der Waals surface area contributed by atoms with Crippen LogP contribution in [0, 0.1) is 11.7 Å². The molecule has 0 saturated carbocycles. The molecule has 110 valence electrons. The summed E-state index contributed by atoms with van der Waals surface area (Å²) in [5.41, 5.74) is 5.90. The topological polar surface area (TPSA) is 58.4 Å². The summed E-state index contributed by atoms with van der Waals surface area (Å²) in [5.74, 6) is 0.0825. The van der Waals surface area contributed by atoms with Gasteiger partial charge in [0.25, 0.3) is 0 Å². The third kappa shape index (κ3) is 4.28. The first-order valence-corrected chi connectivity index (χ1v) is 7.16. The number of piperidine rings is 1. The molecule has 1 saturated heterocycles. The smallest absolute Gasteiger partial charge is 0.225 e. The number of para-hydroxylation sites is 1. The van der Waals surface area contributed by atoms with Gasteiger partial charge in [-0.3, -0.25) is 4.79 Å².